The summed E-state index contributed by atoms with van der Waals surface area (Å²) in [7, 11) is 0. The summed E-state index contributed by atoms with van der Waals surface area (Å²) >= 11 is 6.09. The lowest BCUT2D eigenvalue weighted by molar-refractivity contribution is -0.120. The standard InChI is InChI=1S/C17H14ClFN2O2/c18-9-4-6-14-13(8-9)21-15(22)7-5-12(20)16(21)10-2-1-3-11(19)17(10)23-14/h1-4,6,8,12,16H,5,7,20H2/t12-,16-/m1/s1. The van der Waals surface area contributed by atoms with Gasteiger partial charge in [0.2, 0.25) is 5.91 Å². The molecule has 118 valence electrons. The van der Waals surface area contributed by atoms with Crippen LogP contribution in [0.5, 0.6) is 11.5 Å². The number of anilines is 1. The van der Waals surface area contributed by atoms with Gasteiger partial charge in [-0.15, -0.1) is 0 Å². The number of halogens is 2. The molecule has 0 bridgehead atoms. The predicted octanol–water partition coefficient (Wildman–Crippen LogP) is 3.78. The van der Waals surface area contributed by atoms with Crippen LogP contribution < -0.4 is 15.4 Å². The fourth-order valence-corrected chi connectivity index (χ4v) is 3.48. The first-order chi connectivity index (χ1) is 11.1. The van der Waals surface area contributed by atoms with Gasteiger partial charge in [0, 0.05) is 23.0 Å². The van der Waals surface area contributed by atoms with Crippen molar-refractivity contribution < 1.29 is 13.9 Å². The van der Waals surface area contributed by atoms with E-state index >= 15 is 0 Å². The number of nitrogens with two attached hydrogens (primary N) is 1. The zero-order valence-electron chi connectivity index (χ0n) is 12.1. The highest BCUT2D eigenvalue weighted by atomic mass is 35.5. The average Bonchev–Trinajstić information content (AvgIpc) is 2.67. The first kappa shape index (κ1) is 14.5. The molecular weight excluding hydrogens is 319 g/mol. The number of carbonyl (C=O) groups is 1. The van der Waals surface area contributed by atoms with E-state index < -0.39 is 11.9 Å². The average molecular weight is 333 g/mol. The number of nitrogens with zero attached hydrogens (tertiary/aromatic N) is 1. The SMILES string of the molecule is N[C@@H]1CCC(=O)N2c3cc(Cl)ccc3Oc3c(F)cccc3[C@H]12. The molecule has 1 saturated heterocycles. The molecule has 1 amide bonds. The van der Waals surface area contributed by atoms with Crippen molar-refractivity contribution in [3.05, 3.63) is 52.8 Å². The Morgan fingerprint density at radius 3 is 2.96 bits per heavy atom. The molecule has 0 radical (unpaired) electrons. The van der Waals surface area contributed by atoms with Crippen molar-refractivity contribution in [3.63, 3.8) is 0 Å². The van der Waals surface area contributed by atoms with Crippen LogP contribution >= 0.6 is 11.6 Å². The van der Waals surface area contributed by atoms with E-state index in [0.717, 1.165) is 0 Å². The highest BCUT2D eigenvalue weighted by Crippen LogP contribution is 2.48. The Balaban J connectivity index is 2.02. The fourth-order valence-electron chi connectivity index (χ4n) is 3.31. The minimum atomic E-state index is -0.476. The van der Waals surface area contributed by atoms with Gasteiger partial charge in [-0.3, -0.25) is 9.69 Å². The smallest absolute Gasteiger partial charge is 0.227 e. The lowest BCUT2D eigenvalue weighted by atomic mass is 9.89. The van der Waals surface area contributed by atoms with Gasteiger partial charge in [0.25, 0.3) is 0 Å². The Kier molecular flexibility index (Phi) is 3.28. The molecule has 6 heteroatoms. The van der Waals surface area contributed by atoms with Crippen LogP contribution in [0.4, 0.5) is 10.1 Å². The van der Waals surface area contributed by atoms with E-state index in [1.807, 2.05) is 0 Å². The van der Waals surface area contributed by atoms with Crippen LogP contribution in [0.15, 0.2) is 36.4 Å². The number of amides is 1. The molecule has 4 rings (SSSR count). The number of hydrogen-bond donors (Lipinski definition) is 1. The van der Waals surface area contributed by atoms with Crippen molar-refractivity contribution in [2.45, 2.75) is 24.9 Å². The van der Waals surface area contributed by atoms with Gasteiger partial charge in [0.15, 0.2) is 17.3 Å². The van der Waals surface area contributed by atoms with E-state index in [1.54, 1.807) is 35.2 Å². The second-order valence-corrected chi connectivity index (χ2v) is 6.22. The Morgan fingerprint density at radius 2 is 2.13 bits per heavy atom. The molecule has 2 aliphatic heterocycles. The molecule has 1 fully saturated rings. The maximum Gasteiger partial charge on any atom is 0.227 e. The summed E-state index contributed by atoms with van der Waals surface area (Å²) in [4.78, 5) is 14.2. The van der Waals surface area contributed by atoms with Gasteiger partial charge < -0.3 is 10.5 Å². The van der Waals surface area contributed by atoms with Crippen LogP contribution in [0.3, 0.4) is 0 Å². The van der Waals surface area contributed by atoms with Crippen LogP contribution in [0.2, 0.25) is 5.02 Å². The lowest BCUT2D eigenvalue weighted by Gasteiger charge is -2.38. The van der Waals surface area contributed by atoms with E-state index in [4.69, 9.17) is 22.1 Å². The second-order valence-electron chi connectivity index (χ2n) is 5.78. The van der Waals surface area contributed by atoms with Crippen molar-refractivity contribution in [1.29, 1.82) is 0 Å². The van der Waals surface area contributed by atoms with Crippen molar-refractivity contribution in [2.24, 2.45) is 5.73 Å². The van der Waals surface area contributed by atoms with E-state index in [1.165, 1.54) is 6.07 Å². The van der Waals surface area contributed by atoms with E-state index in [0.29, 0.717) is 34.9 Å². The quantitative estimate of drug-likeness (QED) is 0.798. The van der Waals surface area contributed by atoms with Crippen LogP contribution in [-0.2, 0) is 4.79 Å². The summed E-state index contributed by atoms with van der Waals surface area (Å²) in [6, 6.07) is 8.86. The summed E-state index contributed by atoms with van der Waals surface area (Å²) in [5.74, 6) is -0.0316. The first-order valence-electron chi connectivity index (χ1n) is 7.39. The van der Waals surface area contributed by atoms with Gasteiger partial charge in [-0.05, 0) is 30.7 Å². The fraction of sp³-hybridized carbons (Fsp3) is 0.235. The first-order valence-corrected chi connectivity index (χ1v) is 7.77. The van der Waals surface area contributed by atoms with Gasteiger partial charge in [-0.25, -0.2) is 4.39 Å². The maximum atomic E-state index is 14.3. The topological polar surface area (TPSA) is 55.6 Å². The number of fused-ring (bicyclic) bond motifs is 5. The predicted molar refractivity (Wildman–Crippen MR) is 85.4 cm³/mol. The second kappa shape index (κ2) is 5.22. The molecule has 2 heterocycles. The van der Waals surface area contributed by atoms with E-state index in [2.05, 4.69) is 0 Å². The maximum absolute atomic E-state index is 14.3. The largest absolute Gasteiger partial charge is 0.452 e. The molecule has 0 saturated carbocycles. The number of rotatable bonds is 0. The third kappa shape index (κ3) is 2.19. The van der Waals surface area contributed by atoms with Crippen molar-refractivity contribution >= 4 is 23.2 Å². The summed E-state index contributed by atoms with van der Waals surface area (Å²) in [5, 5.41) is 0.476. The number of benzene rings is 2. The summed E-state index contributed by atoms with van der Waals surface area (Å²) in [6.07, 6.45) is 0.889. The molecule has 2 aromatic rings. The monoisotopic (exact) mass is 332 g/mol. The van der Waals surface area contributed by atoms with Crippen LogP contribution in [0.25, 0.3) is 0 Å². The van der Waals surface area contributed by atoms with Crippen molar-refractivity contribution in [2.75, 3.05) is 4.90 Å². The van der Waals surface area contributed by atoms with Gasteiger partial charge in [-0.2, -0.15) is 0 Å². The zero-order chi connectivity index (χ0) is 16.1. The third-order valence-corrected chi connectivity index (χ3v) is 4.59. The Hall–Kier alpha value is -2.11. The number of piperidine rings is 1. The van der Waals surface area contributed by atoms with Crippen LogP contribution in [-0.4, -0.2) is 11.9 Å². The molecule has 23 heavy (non-hydrogen) atoms. The number of hydrogen-bond acceptors (Lipinski definition) is 3. The highest BCUT2D eigenvalue weighted by Gasteiger charge is 2.41. The minimum absolute atomic E-state index is 0.0686. The van der Waals surface area contributed by atoms with E-state index in [-0.39, 0.29) is 17.7 Å². The van der Waals surface area contributed by atoms with Gasteiger partial charge in [0.1, 0.15) is 0 Å². The van der Waals surface area contributed by atoms with Gasteiger partial charge >= 0.3 is 0 Å². The van der Waals surface area contributed by atoms with Crippen LogP contribution in [0, 0.1) is 5.82 Å². The molecule has 2 N–H and O–H groups in total. The summed E-state index contributed by atoms with van der Waals surface area (Å²) in [5.41, 5.74) is 7.38. The molecule has 2 aromatic carbocycles. The minimum Gasteiger partial charge on any atom is -0.452 e. The third-order valence-electron chi connectivity index (χ3n) is 4.35. The van der Waals surface area contributed by atoms with Gasteiger partial charge in [-0.1, -0.05) is 23.7 Å². The Morgan fingerprint density at radius 1 is 1.30 bits per heavy atom. The molecule has 2 atom stereocenters. The molecule has 0 spiro atoms. The molecule has 0 unspecified atom stereocenters. The van der Waals surface area contributed by atoms with Gasteiger partial charge in [0.05, 0.1) is 11.7 Å². The van der Waals surface area contributed by atoms with Crippen molar-refractivity contribution in [1.82, 2.24) is 0 Å². The van der Waals surface area contributed by atoms with Crippen molar-refractivity contribution in [3.8, 4) is 11.5 Å². The zero-order valence-corrected chi connectivity index (χ0v) is 12.9. The lowest BCUT2D eigenvalue weighted by Crippen LogP contribution is -2.48. The normalized spacial score (nSPS) is 22.6. The van der Waals surface area contributed by atoms with E-state index in [9.17, 15) is 9.18 Å². The molecule has 2 aliphatic rings. The molecule has 4 nitrogen and oxygen atoms in total. The highest BCUT2D eigenvalue weighted by molar-refractivity contribution is 6.31. The molecule has 0 aromatic heterocycles. The summed E-state index contributed by atoms with van der Waals surface area (Å²) < 4.78 is 20.1. The Bertz CT molecular complexity index is 811. The van der Waals surface area contributed by atoms with Crippen LogP contribution in [0.1, 0.15) is 24.4 Å². The molecule has 0 aliphatic carbocycles. The summed E-state index contributed by atoms with van der Waals surface area (Å²) in [6.45, 7) is 0. The molecular formula is C17H14ClFN2O2. The number of carbonyl (C=O) groups excluding carboxylic acids is 1. The number of para-hydroxylation sites is 1. The number of ether oxygens (including phenoxy) is 1. The Labute approximate surface area is 137 Å².